The summed E-state index contributed by atoms with van der Waals surface area (Å²) < 4.78 is 23.9. The highest BCUT2D eigenvalue weighted by Gasteiger charge is 2.18. The zero-order valence-corrected chi connectivity index (χ0v) is 21.0. The van der Waals surface area contributed by atoms with Crippen LogP contribution in [0.1, 0.15) is 56.1 Å². The van der Waals surface area contributed by atoms with Crippen LogP contribution >= 0.6 is 0 Å². The van der Waals surface area contributed by atoms with Crippen LogP contribution in [-0.2, 0) is 32.3 Å². The van der Waals surface area contributed by atoms with E-state index >= 15 is 0 Å². The number of hydrogen-bond acceptors (Lipinski definition) is 5. The number of carbonyl (C=O) groups excluding carboxylic acids is 2. The number of unbranched alkanes of at least 4 members (excludes halogenated alkanes) is 4. The molecule has 0 unspecified atom stereocenters. The van der Waals surface area contributed by atoms with Gasteiger partial charge in [-0.1, -0.05) is 61.7 Å². The summed E-state index contributed by atoms with van der Waals surface area (Å²) in [5.41, 5.74) is 1.91. The molecule has 2 aromatic carbocycles. The summed E-state index contributed by atoms with van der Waals surface area (Å²) in [7, 11) is 3.83. The van der Waals surface area contributed by atoms with Crippen LogP contribution in [0.25, 0.3) is 0 Å². The highest BCUT2D eigenvalue weighted by molar-refractivity contribution is 5.77. The molecule has 1 N–H and O–H groups in total. The minimum Gasteiger partial charge on any atom is -0.461 e. The minimum absolute atomic E-state index is 0.0321. The van der Waals surface area contributed by atoms with Gasteiger partial charge in [-0.3, -0.25) is 9.59 Å². The molecule has 1 amide bonds. The lowest BCUT2D eigenvalue weighted by Crippen LogP contribution is -2.43. The molecule has 0 aliphatic carbocycles. The fourth-order valence-electron chi connectivity index (χ4n) is 3.69. The maximum atomic E-state index is 12.9. The first-order valence-corrected chi connectivity index (χ1v) is 12.4. The Balaban J connectivity index is 1.54. The molecule has 2 rings (SSSR count). The molecule has 192 valence electrons. The largest absolute Gasteiger partial charge is 0.461 e. The van der Waals surface area contributed by atoms with Crippen LogP contribution in [0.3, 0.4) is 0 Å². The predicted octanol–water partition coefficient (Wildman–Crippen LogP) is 4.86. The third-order valence-electron chi connectivity index (χ3n) is 5.48. The standard InChI is InChI=1S/C28H39FN2O4/c1-31(2)20-26(19-28(33)35-22-23-11-7-6-8-12-23)30-27(32)13-9-4-3-5-10-18-34-21-24-14-16-25(29)17-15-24/h6-8,11-12,14-17,26H,3-5,9-10,13,18-22H2,1-2H3,(H,30,32)/t26-/m1/s1. The van der Waals surface area contributed by atoms with E-state index in [1.165, 1.54) is 12.1 Å². The van der Waals surface area contributed by atoms with E-state index in [9.17, 15) is 14.0 Å². The van der Waals surface area contributed by atoms with Crippen molar-refractivity contribution < 1.29 is 23.5 Å². The zero-order chi connectivity index (χ0) is 25.3. The lowest BCUT2D eigenvalue weighted by atomic mass is 10.1. The van der Waals surface area contributed by atoms with Gasteiger partial charge in [0.15, 0.2) is 0 Å². The van der Waals surface area contributed by atoms with Gasteiger partial charge in [0.25, 0.3) is 0 Å². The number of hydrogen-bond donors (Lipinski definition) is 1. The summed E-state index contributed by atoms with van der Waals surface area (Å²) in [6.45, 7) is 1.97. The molecule has 6 nitrogen and oxygen atoms in total. The molecule has 35 heavy (non-hydrogen) atoms. The van der Waals surface area contributed by atoms with Crippen molar-refractivity contribution in [2.24, 2.45) is 0 Å². The highest BCUT2D eigenvalue weighted by Crippen LogP contribution is 2.09. The Morgan fingerprint density at radius 2 is 1.54 bits per heavy atom. The third kappa shape index (κ3) is 13.6. The molecule has 0 spiro atoms. The lowest BCUT2D eigenvalue weighted by molar-refractivity contribution is -0.145. The summed E-state index contributed by atoms with van der Waals surface area (Å²) >= 11 is 0. The van der Waals surface area contributed by atoms with Crippen LogP contribution < -0.4 is 5.32 Å². The molecule has 0 fully saturated rings. The zero-order valence-electron chi connectivity index (χ0n) is 21.0. The molecule has 0 aliphatic heterocycles. The van der Waals surface area contributed by atoms with Crippen molar-refractivity contribution in [3.63, 3.8) is 0 Å². The van der Waals surface area contributed by atoms with E-state index in [1.807, 2.05) is 49.3 Å². The van der Waals surface area contributed by atoms with Crippen molar-refractivity contribution in [3.8, 4) is 0 Å². The number of likely N-dealkylation sites (N-methyl/N-ethyl adjacent to an activating group) is 1. The van der Waals surface area contributed by atoms with Crippen molar-refractivity contribution in [1.29, 1.82) is 0 Å². The fourth-order valence-corrected chi connectivity index (χ4v) is 3.69. The van der Waals surface area contributed by atoms with Gasteiger partial charge < -0.3 is 19.7 Å². The lowest BCUT2D eigenvalue weighted by Gasteiger charge is -2.22. The quantitative estimate of drug-likeness (QED) is 0.255. The minimum atomic E-state index is -0.317. The van der Waals surface area contributed by atoms with E-state index in [-0.39, 0.29) is 36.8 Å². The summed E-state index contributed by atoms with van der Waals surface area (Å²) in [6.07, 6.45) is 5.43. The van der Waals surface area contributed by atoms with E-state index < -0.39 is 0 Å². The molecule has 0 saturated carbocycles. The van der Waals surface area contributed by atoms with Crippen molar-refractivity contribution in [2.45, 2.75) is 64.2 Å². The molecular formula is C28H39FN2O4. The summed E-state index contributed by atoms with van der Waals surface area (Å²) in [5, 5.41) is 2.99. The molecule has 0 bridgehead atoms. The van der Waals surface area contributed by atoms with Crippen LogP contribution in [-0.4, -0.2) is 50.1 Å². The Kier molecular flexibility index (Phi) is 13.7. The average molecular weight is 487 g/mol. The number of rotatable bonds is 17. The van der Waals surface area contributed by atoms with Gasteiger partial charge in [0.05, 0.1) is 19.1 Å². The summed E-state index contributed by atoms with van der Waals surface area (Å²) in [6, 6.07) is 15.6. The highest BCUT2D eigenvalue weighted by atomic mass is 19.1. The second-order valence-electron chi connectivity index (χ2n) is 9.07. The first-order chi connectivity index (χ1) is 16.9. The number of halogens is 1. The average Bonchev–Trinajstić information content (AvgIpc) is 2.83. The number of carbonyl (C=O) groups is 2. The number of benzene rings is 2. The van der Waals surface area contributed by atoms with Crippen LogP contribution in [0.5, 0.6) is 0 Å². The Morgan fingerprint density at radius 1 is 0.886 bits per heavy atom. The van der Waals surface area contributed by atoms with Crippen molar-refractivity contribution in [2.75, 3.05) is 27.2 Å². The van der Waals surface area contributed by atoms with Crippen LogP contribution in [0.15, 0.2) is 54.6 Å². The second-order valence-corrected chi connectivity index (χ2v) is 9.07. The molecule has 0 aliphatic rings. The Labute approximate surface area is 208 Å². The van der Waals surface area contributed by atoms with Gasteiger partial charge in [-0.2, -0.15) is 0 Å². The summed E-state index contributed by atoms with van der Waals surface area (Å²) in [5.74, 6) is -0.588. The third-order valence-corrected chi connectivity index (χ3v) is 5.48. The normalized spacial score (nSPS) is 11.9. The predicted molar refractivity (Wildman–Crippen MR) is 135 cm³/mol. The van der Waals surface area contributed by atoms with Gasteiger partial charge in [-0.25, -0.2) is 4.39 Å². The monoisotopic (exact) mass is 486 g/mol. The second kappa shape index (κ2) is 16.8. The first kappa shape index (κ1) is 28.5. The molecule has 0 heterocycles. The smallest absolute Gasteiger partial charge is 0.308 e. The Bertz CT molecular complexity index is 859. The molecule has 1 atom stereocenters. The molecule has 0 saturated heterocycles. The van der Waals surface area contributed by atoms with E-state index in [2.05, 4.69) is 5.32 Å². The maximum absolute atomic E-state index is 12.9. The van der Waals surface area contributed by atoms with Gasteiger partial charge in [0.2, 0.25) is 5.91 Å². The number of nitrogens with one attached hydrogen (secondary N) is 1. The van der Waals surface area contributed by atoms with Gasteiger partial charge in [0.1, 0.15) is 12.4 Å². The van der Waals surface area contributed by atoms with E-state index in [1.54, 1.807) is 12.1 Å². The number of nitrogens with zero attached hydrogens (tertiary/aromatic N) is 1. The van der Waals surface area contributed by atoms with E-state index in [4.69, 9.17) is 9.47 Å². The summed E-state index contributed by atoms with van der Waals surface area (Å²) in [4.78, 5) is 26.6. The molecular weight excluding hydrogens is 447 g/mol. The van der Waals surface area contributed by atoms with Gasteiger partial charge >= 0.3 is 5.97 Å². The number of ether oxygens (including phenoxy) is 2. The molecule has 2 aromatic rings. The van der Waals surface area contributed by atoms with Crippen LogP contribution in [0.2, 0.25) is 0 Å². The fraction of sp³-hybridized carbons (Fsp3) is 0.500. The molecule has 0 radical (unpaired) electrons. The van der Waals surface area contributed by atoms with Crippen LogP contribution in [0.4, 0.5) is 4.39 Å². The van der Waals surface area contributed by atoms with Crippen molar-refractivity contribution in [3.05, 3.63) is 71.5 Å². The SMILES string of the molecule is CN(C)C[C@@H](CC(=O)OCc1ccccc1)NC(=O)CCCCCCCOCc1ccc(F)cc1. The number of amides is 1. The van der Waals surface area contributed by atoms with Crippen LogP contribution in [0, 0.1) is 5.82 Å². The van der Waals surface area contributed by atoms with Gasteiger partial charge in [-0.15, -0.1) is 0 Å². The Hall–Kier alpha value is -2.77. The Morgan fingerprint density at radius 3 is 2.26 bits per heavy atom. The van der Waals surface area contributed by atoms with Gasteiger partial charge in [0, 0.05) is 19.6 Å². The van der Waals surface area contributed by atoms with E-state index in [0.29, 0.717) is 26.2 Å². The topological polar surface area (TPSA) is 67.9 Å². The van der Waals surface area contributed by atoms with Crippen molar-refractivity contribution in [1.82, 2.24) is 10.2 Å². The number of esters is 1. The first-order valence-electron chi connectivity index (χ1n) is 12.4. The molecule has 7 heteroatoms. The van der Waals surface area contributed by atoms with Crippen molar-refractivity contribution >= 4 is 11.9 Å². The van der Waals surface area contributed by atoms with Gasteiger partial charge in [-0.05, 0) is 50.2 Å². The van der Waals surface area contributed by atoms with E-state index in [0.717, 1.165) is 43.2 Å². The molecule has 0 aromatic heterocycles. The maximum Gasteiger partial charge on any atom is 0.308 e.